The predicted octanol–water partition coefficient (Wildman–Crippen LogP) is 1.52. The van der Waals surface area contributed by atoms with Crippen LogP contribution in [0.15, 0.2) is 0 Å². The Morgan fingerprint density at radius 2 is 2.00 bits per heavy atom. The molecule has 0 saturated heterocycles. The highest BCUT2D eigenvalue weighted by Gasteiger charge is 2.16. The van der Waals surface area contributed by atoms with E-state index in [-0.39, 0.29) is 6.61 Å². The fraction of sp³-hybridized carbons (Fsp3) is 1.00. The molecule has 0 spiro atoms. The molecule has 0 bridgehead atoms. The zero-order valence-corrected chi connectivity index (χ0v) is 7.84. The molecule has 0 radical (unpaired) electrons. The minimum Gasteiger partial charge on any atom is -0.396 e. The molecular weight excluding hydrogens is 150 g/mol. The van der Waals surface area contributed by atoms with Crippen molar-refractivity contribution < 1.29 is 5.11 Å². The summed E-state index contributed by atoms with van der Waals surface area (Å²) in [5.74, 6) is 1.29. The fourth-order valence-corrected chi connectivity index (χ4v) is 2.05. The van der Waals surface area contributed by atoms with Gasteiger partial charge in [0.1, 0.15) is 0 Å². The van der Waals surface area contributed by atoms with Gasteiger partial charge in [0, 0.05) is 6.61 Å². The first-order valence-electron chi connectivity index (χ1n) is 5.17. The third-order valence-corrected chi connectivity index (χ3v) is 3.05. The second-order valence-corrected chi connectivity index (χ2v) is 4.01. The summed E-state index contributed by atoms with van der Waals surface area (Å²) in [6, 6.07) is 0. The van der Waals surface area contributed by atoms with E-state index in [1.165, 1.54) is 32.1 Å². The van der Waals surface area contributed by atoms with Crippen molar-refractivity contribution in [2.45, 2.75) is 38.5 Å². The molecule has 1 aliphatic rings. The molecule has 3 N–H and O–H groups in total. The molecule has 0 aromatic heterocycles. The Morgan fingerprint density at radius 3 is 2.50 bits per heavy atom. The monoisotopic (exact) mass is 171 g/mol. The molecule has 12 heavy (non-hydrogen) atoms. The molecule has 72 valence electrons. The van der Waals surface area contributed by atoms with Crippen LogP contribution in [0.2, 0.25) is 0 Å². The summed E-state index contributed by atoms with van der Waals surface area (Å²) in [6.45, 7) is 0.909. The number of aliphatic hydroxyl groups is 1. The number of hydrogen-bond acceptors (Lipinski definition) is 2. The lowest BCUT2D eigenvalue weighted by Crippen LogP contribution is -2.18. The molecule has 1 atom stereocenters. The summed E-state index contributed by atoms with van der Waals surface area (Å²) in [6.07, 6.45) is 8.04. The van der Waals surface area contributed by atoms with Crippen LogP contribution in [-0.4, -0.2) is 18.3 Å². The number of rotatable bonds is 5. The fourth-order valence-electron chi connectivity index (χ4n) is 2.05. The van der Waals surface area contributed by atoms with Gasteiger partial charge in [0.15, 0.2) is 0 Å². The summed E-state index contributed by atoms with van der Waals surface area (Å²) < 4.78 is 0. The standard InChI is InChI=1S/C10H21NO/c11-7-10(8-12)6-5-9-3-1-2-4-9/h9-10,12H,1-8,11H2. The predicted molar refractivity (Wildman–Crippen MR) is 50.8 cm³/mol. The maximum atomic E-state index is 8.92. The summed E-state index contributed by atoms with van der Waals surface area (Å²) in [4.78, 5) is 0. The Hall–Kier alpha value is -0.0800. The van der Waals surface area contributed by atoms with Crippen LogP contribution in [0.4, 0.5) is 0 Å². The molecule has 0 aromatic rings. The van der Waals surface area contributed by atoms with Crippen molar-refractivity contribution in [1.29, 1.82) is 0 Å². The zero-order chi connectivity index (χ0) is 8.81. The van der Waals surface area contributed by atoms with Gasteiger partial charge in [-0.05, 0) is 24.8 Å². The summed E-state index contributed by atoms with van der Waals surface area (Å²) in [5.41, 5.74) is 5.51. The molecule has 0 heterocycles. The summed E-state index contributed by atoms with van der Waals surface area (Å²) >= 11 is 0. The van der Waals surface area contributed by atoms with Crippen LogP contribution >= 0.6 is 0 Å². The highest BCUT2D eigenvalue weighted by Crippen LogP contribution is 2.29. The maximum absolute atomic E-state index is 8.92. The maximum Gasteiger partial charge on any atom is 0.0471 e. The Kier molecular flexibility index (Phi) is 4.62. The van der Waals surface area contributed by atoms with Gasteiger partial charge in [-0.1, -0.05) is 32.1 Å². The van der Waals surface area contributed by atoms with Crippen molar-refractivity contribution in [1.82, 2.24) is 0 Å². The molecule has 1 unspecified atom stereocenters. The lowest BCUT2D eigenvalue weighted by Gasteiger charge is -2.14. The first-order valence-corrected chi connectivity index (χ1v) is 5.17. The van der Waals surface area contributed by atoms with Crippen molar-refractivity contribution in [2.24, 2.45) is 17.6 Å². The molecule has 1 aliphatic carbocycles. The highest BCUT2D eigenvalue weighted by molar-refractivity contribution is 4.69. The van der Waals surface area contributed by atoms with Crippen LogP contribution in [0.5, 0.6) is 0 Å². The van der Waals surface area contributed by atoms with Crippen LogP contribution in [0.1, 0.15) is 38.5 Å². The smallest absolute Gasteiger partial charge is 0.0471 e. The van der Waals surface area contributed by atoms with E-state index in [4.69, 9.17) is 10.8 Å². The Labute approximate surface area is 75.2 Å². The lowest BCUT2D eigenvalue weighted by atomic mass is 9.95. The Morgan fingerprint density at radius 1 is 1.33 bits per heavy atom. The van der Waals surface area contributed by atoms with Gasteiger partial charge in [-0.2, -0.15) is 0 Å². The van der Waals surface area contributed by atoms with E-state index >= 15 is 0 Å². The molecule has 1 saturated carbocycles. The van der Waals surface area contributed by atoms with E-state index in [0.717, 1.165) is 12.3 Å². The first-order chi connectivity index (χ1) is 5.86. The minimum atomic E-state index is 0.267. The topological polar surface area (TPSA) is 46.2 Å². The Bertz CT molecular complexity index is 104. The van der Waals surface area contributed by atoms with Crippen molar-refractivity contribution in [3.63, 3.8) is 0 Å². The van der Waals surface area contributed by atoms with Gasteiger partial charge < -0.3 is 10.8 Å². The Balaban J connectivity index is 2.06. The van der Waals surface area contributed by atoms with E-state index in [1.54, 1.807) is 0 Å². The second-order valence-electron chi connectivity index (χ2n) is 4.01. The molecule has 2 heteroatoms. The van der Waals surface area contributed by atoms with Crippen molar-refractivity contribution >= 4 is 0 Å². The normalized spacial score (nSPS) is 21.5. The largest absolute Gasteiger partial charge is 0.396 e. The van der Waals surface area contributed by atoms with Gasteiger partial charge in [0.25, 0.3) is 0 Å². The van der Waals surface area contributed by atoms with Gasteiger partial charge in [-0.25, -0.2) is 0 Å². The van der Waals surface area contributed by atoms with Gasteiger partial charge in [-0.15, -0.1) is 0 Å². The van der Waals surface area contributed by atoms with Gasteiger partial charge in [0.05, 0.1) is 0 Å². The van der Waals surface area contributed by atoms with Crippen LogP contribution < -0.4 is 5.73 Å². The van der Waals surface area contributed by atoms with Gasteiger partial charge >= 0.3 is 0 Å². The van der Waals surface area contributed by atoms with Gasteiger partial charge in [-0.3, -0.25) is 0 Å². The second kappa shape index (κ2) is 5.55. The molecule has 0 aromatic carbocycles. The quantitative estimate of drug-likeness (QED) is 0.659. The summed E-state index contributed by atoms with van der Waals surface area (Å²) in [7, 11) is 0. The van der Waals surface area contributed by atoms with Crippen LogP contribution in [0.3, 0.4) is 0 Å². The van der Waals surface area contributed by atoms with E-state index in [1.807, 2.05) is 0 Å². The van der Waals surface area contributed by atoms with Crippen molar-refractivity contribution in [3.05, 3.63) is 0 Å². The lowest BCUT2D eigenvalue weighted by molar-refractivity contribution is 0.214. The van der Waals surface area contributed by atoms with Gasteiger partial charge in [0.2, 0.25) is 0 Å². The first kappa shape index (κ1) is 10.0. The summed E-state index contributed by atoms with van der Waals surface area (Å²) in [5, 5.41) is 8.92. The number of hydrogen-bond donors (Lipinski definition) is 2. The molecule has 1 rings (SSSR count). The highest BCUT2D eigenvalue weighted by atomic mass is 16.3. The molecular formula is C10H21NO. The van der Waals surface area contributed by atoms with Crippen molar-refractivity contribution in [3.8, 4) is 0 Å². The SMILES string of the molecule is NCC(CO)CCC1CCCC1. The van der Waals surface area contributed by atoms with Crippen LogP contribution in [0.25, 0.3) is 0 Å². The van der Waals surface area contributed by atoms with E-state index < -0.39 is 0 Å². The molecule has 1 fully saturated rings. The third-order valence-electron chi connectivity index (χ3n) is 3.05. The molecule has 2 nitrogen and oxygen atoms in total. The average Bonchev–Trinajstić information content (AvgIpc) is 2.59. The van der Waals surface area contributed by atoms with E-state index in [0.29, 0.717) is 12.5 Å². The third kappa shape index (κ3) is 3.11. The van der Waals surface area contributed by atoms with Crippen molar-refractivity contribution in [2.75, 3.05) is 13.2 Å². The molecule has 0 aliphatic heterocycles. The number of nitrogens with two attached hydrogens (primary N) is 1. The van der Waals surface area contributed by atoms with Crippen LogP contribution in [0, 0.1) is 11.8 Å². The van der Waals surface area contributed by atoms with E-state index in [9.17, 15) is 0 Å². The average molecular weight is 171 g/mol. The van der Waals surface area contributed by atoms with E-state index in [2.05, 4.69) is 0 Å². The van der Waals surface area contributed by atoms with Crippen LogP contribution in [-0.2, 0) is 0 Å². The number of aliphatic hydroxyl groups excluding tert-OH is 1. The minimum absolute atomic E-state index is 0.267. The zero-order valence-electron chi connectivity index (χ0n) is 7.84. The molecule has 0 amide bonds.